The first-order chi connectivity index (χ1) is 8.61. The Morgan fingerprint density at radius 2 is 1.67 bits per heavy atom. The standard InChI is InChI=1S/C16H27N2/c1-14-8-10-18(3,11-9-14)13-16-6-4-15(5-7-16)12-17-2/h4-7,14,17H,8-13H2,1-3H3/q+1. The van der Waals surface area contributed by atoms with Crippen molar-refractivity contribution < 1.29 is 4.48 Å². The van der Waals surface area contributed by atoms with Gasteiger partial charge in [0.15, 0.2) is 0 Å². The summed E-state index contributed by atoms with van der Waals surface area (Å²) in [4.78, 5) is 0. The van der Waals surface area contributed by atoms with Crippen LogP contribution >= 0.6 is 0 Å². The van der Waals surface area contributed by atoms with E-state index in [1.165, 1.54) is 48.1 Å². The summed E-state index contributed by atoms with van der Waals surface area (Å²) in [5.74, 6) is 0.925. The van der Waals surface area contributed by atoms with Crippen molar-refractivity contribution in [3.05, 3.63) is 35.4 Å². The second-order valence-electron chi connectivity index (χ2n) is 6.25. The molecule has 18 heavy (non-hydrogen) atoms. The number of likely N-dealkylation sites (tertiary alicyclic amines) is 1. The minimum absolute atomic E-state index is 0.925. The van der Waals surface area contributed by atoms with Gasteiger partial charge in [-0.15, -0.1) is 0 Å². The fourth-order valence-corrected chi connectivity index (χ4v) is 2.89. The van der Waals surface area contributed by atoms with E-state index >= 15 is 0 Å². The molecular weight excluding hydrogens is 220 g/mol. The molecule has 0 aliphatic carbocycles. The number of hydrogen-bond donors (Lipinski definition) is 1. The van der Waals surface area contributed by atoms with Gasteiger partial charge >= 0.3 is 0 Å². The lowest BCUT2D eigenvalue weighted by Gasteiger charge is -2.40. The molecule has 2 heteroatoms. The fraction of sp³-hybridized carbons (Fsp3) is 0.625. The third-order valence-corrected chi connectivity index (χ3v) is 4.29. The largest absolute Gasteiger partial charge is 0.322 e. The molecule has 1 fully saturated rings. The third-order valence-electron chi connectivity index (χ3n) is 4.29. The van der Waals surface area contributed by atoms with Crippen molar-refractivity contribution in [3.63, 3.8) is 0 Å². The van der Waals surface area contributed by atoms with Crippen LogP contribution in [0.15, 0.2) is 24.3 Å². The lowest BCUT2D eigenvalue weighted by atomic mass is 9.96. The van der Waals surface area contributed by atoms with Crippen molar-refractivity contribution in [1.82, 2.24) is 5.32 Å². The summed E-state index contributed by atoms with van der Waals surface area (Å²) in [6, 6.07) is 9.11. The Morgan fingerprint density at radius 3 is 2.22 bits per heavy atom. The van der Waals surface area contributed by atoms with Crippen LogP contribution in [0.2, 0.25) is 0 Å². The number of quaternary nitrogens is 1. The van der Waals surface area contributed by atoms with E-state index in [0.29, 0.717) is 0 Å². The Bertz CT molecular complexity index is 361. The van der Waals surface area contributed by atoms with Gasteiger partial charge in [-0.3, -0.25) is 0 Å². The van der Waals surface area contributed by atoms with Gasteiger partial charge in [-0.2, -0.15) is 0 Å². The maximum Gasteiger partial charge on any atom is 0.104 e. The van der Waals surface area contributed by atoms with Gasteiger partial charge in [0.1, 0.15) is 6.54 Å². The highest BCUT2D eigenvalue weighted by Gasteiger charge is 2.28. The normalized spacial score (nSPS) is 28.3. The molecule has 1 aliphatic heterocycles. The molecular formula is C16H27N2+. The summed E-state index contributed by atoms with van der Waals surface area (Å²) in [5.41, 5.74) is 2.85. The van der Waals surface area contributed by atoms with Crippen LogP contribution in [0.1, 0.15) is 30.9 Å². The molecule has 1 heterocycles. The van der Waals surface area contributed by atoms with Crippen molar-refractivity contribution in [2.75, 3.05) is 27.2 Å². The molecule has 0 spiro atoms. The second-order valence-corrected chi connectivity index (χ2v) is 6.25. The van der Waals surface area contributed by atoms with Gasteiger partial charge in [0.05, 0.1) is 20.1 Å². The monoisotopic (exact) mass is 247 g/mol. The number of hydrogen-bond acceptors (Lipinski definition) is 1. The van der Waals surface area contributed by atoms with Crippen molar-refractivity contribution >= 4 is 0 Å². The summed E-state index contributed by atoms with van der Waals surface area (Å²) in [6.45, 7) is 7.20. The summed E-state index contributed by atoms with van der Waals surface area (Å²) in [6.07, 6.45) is 2.77. The van der Waals surface area contributed by atoms with Crippen LogP contribution in [-0.4, -0.2) is 31.7 Å². The van der Waals surface area contributed by atoms with Crippen LogP contribution in [0, 0.1) is 5.92 Å². The molecule has 1 saturated heterocycles. The molecule has 2 rings (SSSR count). The minimum atomic E-state index is 0.925. The molecule has 0 aromatic heterocycles. The highest BCUT2D eigenvalue weighted by molar-refractivity contribution is 5.21. The predicted octanol–water partition coefficient (Wildman–Crippen LogP) is 2.78. The van der Waals surface area contributed by atoms with Crippen LogP contribution in [-0.2, 0) is 13.1 Å². The Kier molecular flexibility index (Phi) is 4.41. The van der Waals surface area contributed by atoms with Crippen molar-refractivity contribution in [2.45, 2.75) is 32.9 Å². The van der Waals surface area contributed by atoms with Gasteiger partial charge in [-0.1, -0.05) is 31.2 Å². The Labute approximate surface area is 112 Å². The fourth-order valence-electron chi connectivity index (χ4n) is 2.89. The zero-order valence-electron chi connectivity index (χ0n) is 12.1. The van der Waals surface area contributed by atoms with E-state index in [1.807, 2.05) is 7.05 Å². The van der Waals surface area contributed by atoms with E-state index in [-0.39, 0.29) is 0 Å². The summed E-state index contributed by atoms with van der Waals surface area (Å²) < 4.78 is 1.22. The maximum absolute atomic E-state index is 3.19. The molecule has 2 nitrogen and oxygen atoms in total. The highest BCUT2D eigenvalue weighted by Crippen LogP contribution is 2.24. The van der Waals surface area contributed by atoms with Crippen LogP contribution < -0.4 is 5.32 Å². The van der Waals surface area contributed by atoms with E-state index in [4.69, 9.17) is 0 Å². The first-order valence-corrected chi connectivity index (χ1v) is 7.17. The Balaban J connectivity index is 1.96. The number of nitrogens with zero attached hydrogens (tertiary/aromatic N) is 1. The van der Waals surface area contributed by atoms with Crippen LogP contribution in [0.5, 0.6) is 0 Å². The molecule has 0 saturated carbocycles. The van der Waals surface area contributed by atoms with Gasteiger partial charge in [0.25, 0.3) is 0 Å². The first kappa shape index (κ1) is 13.6. The van der Waals surface area contributed by atoms with E-state index in [9.17, 15) is 0 Å². The zero-order valence-corrected chi connectivity index (χ0v) is 12.1. The molecule has 100 valence electrons. The summed E-state index contributed by atoms with van der Waals surface area (Å²) >= 11 is 0. The minimum Gasteiger partial charge on any atom is -0.322 e. The van der Waals surface area contributed by atoms with E-state index in [0.717, 1.165) is 12.5 Å². The van der Waals surface area contributed by atoms with Crippen LogP contribution in [0.25, 0.3) is 0 Å². The van der Waals surface area contributed by atoms with Crippen molar-refractivity contribution in [1.29, 1.82) is 0 Å². The van der Waals surface area contributed by atoms with Gasteiger partial charge in [-0.25, -0.2) is 0 Å². The van der Waals surface area contributed by atoms with Crippen molar-refractivity contribution in [3.8, 4) is 0 Å². The van der Waals surface area contributed by atoms with E-state index < -0.39 is 0 Å². The van der Waals surface area contributed by atoms with Gasteiger partial charge in [-0.05, 0) is 31.4 Å². The average Bonchev–Trinajstić information content (AvgIpc) is 2.36. The highest BCUT2D eigenvalue weighted by atomic mass is 15.3. The molecule has 0 atom stereocenters. The smallest absolute Gasteiger partial charge is 0.104 e. The lowest BCUT2D eigenvalue weighted by Crippen LogP contribution is -2.48. The molecule has 1 aromatic carbocycles. The van der Waals surface area contributed by atoms with Gasteiger partial charge in [0, 0.05) is 12.1 Å². The van der Waals surface area contributed by atoms with E-state index in [1.54, 1.807) is 0 Å². The van der Waals surface area contributed by atoms with Gasteiger partial charge < -0.3 is 9.80 Å². The first-order valence-electron chi connectivity index (χ1n) is 7.17. The number of benzene rings is 1. The predicted molar refractivity (Wildman–Crippen MR) is 77.2 cm³/mol. The zero-order chi connectivity index (χ0) is 13.0. The molecule has 0 unspecified atom stereocenters. The molecule has 1 aromatic rings. The SMILES string of the molecule is CNCc1ccc(C[N+]2(C)CCC(C)CC2)cc1. The molecule has 1 N–H and O–H groups in total. The Morgan fingerprint density at radius 1 is 1.11 bits per heavy atom. The molecule has 1 aliphatic rings. The molecule has 0 radical (unpaired) electrons. The number of piperidine rings is 1. The van der Waals surface area contributed by atoms with Crippen LogP contribution in [0.4, 0.5) is 0 Å². The quantitative estimate of drug-likeness (QED) is 0.807. The van der Waals surface area contributed by atoms with Crippen molar-refractivity contribution in [2.24, 2.45) is 5.92 Å². The number of nitrogens with one attached hydrogen (secondary N) is 1. The molecule has 0 amide bonds. The Hall–Kier alpha value is -0.860. The second kappa shape index (κ2) is 5.85. The van der Waals surface area contributed by atoms with E-state index in [2.05, 4.69) is 43.6 Å². The third kappa shape index (κ3) is 3.56. The average molecular weight is 247 g/mol. The molecule has 0 bridgehead atoms. The topological polar surface area (TPSA) is 12.0 Å². The number of rotatable bonds is 4. The maximum atomic E-state index is 3.19. The lowest BCUT2D eigenvalue weighted by molar-refractivity contribution is -0.928. The van der Waals surface area contributed by atoms with Gasteiger partial charge in [0.2, 0.25) is 0 Å². The summed E-state index contributed by atoms with van der Waals surface area (Å²) in [7, 11) is 4.41. The summed E-state index contributed by atoms with van der Waals surface area (Å²) in [5, 5.41) is 3.19. The van der Waals surface area contributed by atoms with Crippen LogP contribution in [0.3, 0.4) is 0 Å².